The molecule has 0 spiro atoms. The van der Waals surface area contributed by atoms with E-state index in [0.717, 1.165) is 11.4 Å². The van der Waals surface area contributed by atoms with Gasteiger partial charge in [-0.25, -0.2) is 9.97 Å². The van der Waals surface area contributed by atoms with Crippen LogP contribution in [0.5, 0.6) is 0 Å². The van der Waals surface area contributed by atoms with Crippen LogP contribution in [0, 0.1) is 6.92 Å². The van der Waals surface area contributed by atoms with Gasteiger partial charge in [0, 0.05) is 36.4 Å². The molecule has 0 saturated heterocycles. The third kappa shape index (κ3) is 3.32. The van der Waals surface area contributed by atoms with Gasteiger partial charge in [-0.15, -0.1) is 11.3 Å². The van der Waals surface area contributed by atoms with Crippen LogP contribution in [0.25, 0.3) is 0 Å². The zero-order valence-corrected chi connectivity index (χ0v) is 10.2. The van der Waals surface area contributed by atoms with Gasteiger partial charge in [0.1, 0.15) is 5.69 Å². The summed E-state index contributed by atoms with van der Waals surface area (Å²) < 4.78 is 0. The lowest BCUT2D eigenvalue weighted by Gasteiger charge is -2.02. The lowest BCUT2D eigenvalue weighted by molar-refractivity contribution is 0.0949. The minimum absolute atomic E-state index is 0.202. The number of carbonyl (C=O) groups excluding carboxylic acids is 1. The number of amides is 1. The fourth-order valence-electron chi connectivity index (χ4n) is 1.31. The molecule has 0 radical (unpaired) electrons. The van der Waals surface area contributed by atoms with E-state index >= 15 is 0 Å². The van der Waals surface area contributed by atoms with Gasteiger partial charge in [0.05, 0.1) is 11.2 Å². The molecule has 0 aliphatic heterocycles. The smallest absolute Gasteiger partial charge is 0.271 e. The summed E-state index contributed by atoms with van der Waals surface area (Å²) >= 11 is 1.64. The van der Waals surface area contributed by atoms with Crippen LogP contribution >= 0.6 is 11.3 Å². The molecule has 6 heteroatoms. The van der Waals surface area contributed by atoms with Crippen molar-refractivity contribution in [1.29, 1.82) is 0 Å². The Kier molecular flexibility index (Phi) is 3.77. The molecule has 2 aromatic heterocycles. The average Bonchev–Trinajstić information content (AvgIpc) is 2.76. The quantitative estimate of drug-likeness (QED) is 0.883. The number of aromatic nitrogens is 3. The summed E-state index contributed by atoms with van der Waals surface area (Å²) in [6, 6.07) is 0. The van der Waals surface area contributed by atoms with E-state index in [-0.39, 0.29) is 5.91 Å². The van der Waals surface area contributed by atoms with E-state index in [0.29, 0.717) is 12.2 Å². The van der Waals surface area contributed by atoms with Crippen LogP contribution < -0.4 is 5.32 Å². The number of nitrogens with one attached hydrogen (secondary N) is 1. The zero-order valence-electron chi connectivity index (χ0n) is 9.38. The largest absolute Gasteiger partial charge is 0.350 e. The van der Waals surface area contributed by atoms with Crippen molar-refractivity contribution in [2.75, 3.05) is 6.54 Å². The highest BCUT2D eigenvalue weighted by Crippen LogP contribution is 2.10. The maximum Gasteiger partial charge on any atom is 0.271 e. The molecular formula is C11H12N4OS. The first-order valence-electron chi connectivity index (χ1n) is 5.21. The summed E-state index contributed by atoms with van der Waals surface area (Å²) in [5.74, 6) is -0.202. The van der Waals surface area contributed by atoms with E-state index < -0.39 is 0 Å². The Morgan fingerprint density at radius 3 is 2.88 bits per heavy atom. The Balaban J connectivity index is 1.81. The second-order valence-electron chi connectivity index (χ2n) is 3.46. The van der Waals surface area contributed by atoms with Gasteiger partial charge in [-0.1, -0.05) is 0 Å². The first kappa shape index (κ1) is 11.7. The first-order valence-corrected chi connectivity index (χ1v) is 6.03. The monoisotopic (exact) mass is 248 g/mol. The van der Waals surface area contributed by atoms with Crippen LogP contribution in [0.3, 0.4) is 0 Å². The molecule has 0 fully saturated rings. The van der Waals surface area contributed by atoms with Crippen LogP contribution in [0.15, 0.2) is 24.8 Å². The van der Waals surface area contributed by atoms with Crippen molar-refractivity contribution < 1.29 is 4.79 Å². The third-order valence-corrected chi connectivity index (χ3v) is 3.06. The highest BCUT2D eigenvalue weighted by Gasteiger charge is 2.06. The van der Waals surface area contributed by atoms with E-state index in [1.807, 2.05) is 13.1 Å². The van der Waals surface area contributed by atoms with Crippen LogP contribution in [0.2, 0.25) is 0 Å². The lowest BCUT2D eigenvalue weighted by Crippen LogP contribution is -2.26. The van der Waals surface area contributed by atoms with E-state index in [9.17, 15) is 4.79 Å². The molecule has 5 nitrogen and oxygen atoms in total. The molecule has 88 valence electrons. The minimum Gasteiger partial charge on any atom is -0.350 e. The van der Waals surface area contributed by atoms with Crippen molar-refractivity contribution >= 4 is 17.2 Å². The highest BCUT2D eigenvalue weighted by atomic mass is 32.1. The summed E-state index contributed by atoms with van der Waals surface area (Å²) in [6.07, 6.45) is 7.06. The summed E-state index contributed by atoms with van der Waals surface area (Å²) in [6.45, 7) is 2.57. The Morgan fingerprint density at radius 1 is 1.35 bits per heavy atom. The van der Waals surface area contributed by atoms with E-state index in [1.54, 1.807) is 11.3 Å². The topological polar surface area (TPSA) is 67.8 Å². The Labute approximate surface area is 103 Å². The molecule has 2 heterocycles. The Hall–Kier alpha value is -1.82. The van der Waals surface area contributed by atoms with Crippen molar-refractivity contribution in [2.24, 2.45) is 0 Å². The first-order chi connectivity index (χ1) is 8.25. The molecule has 2 aromatic rings. The second kappa shape index (κ2) is 5.49. The number of hydrogen-bond acceptors (Lipinski definition) is 5. The summed E-state index contributed by atoms with van der Waals surface area (Å²) in [5, 5.41) is 3.81. The number of hydrogen-bond donors (Lipinski definition) is 1. The lowest BCUT2D eigenvalue weighted by atomic mass is 10.4. The molecule has 17 heavy (non-hydrogen) atoms. The van der Waals surface area contributed by atoms with Gasteiger partial charge in [-0.05, 0) is 6.92 Å². The second-order valence-corrected chi connectivity index (χ2v) is 4.78. The van der Waals surface area contributed by atoms with Gasteiger partial charge >= 0.3 is 0 Å². The summed E-state index contributed by atoms with van der Waals surface area (Å²) in [4.78, 5) is 24.8. The molecule has 0 aliphatic rings. The summed E-state index contributed by atoms with van der Waals surface area (Å²) in [5.41, 5.74) is 0.336. The molecule has 0 aromatic carbocycles. The average molecular weight is 248 g/mol. The predicted molar refractivity (Wildman–Crippen MR) is 64.9 cm³/mol. The van der Waals surface area contributed by atoms with Crippen LogP contribution in [0.4, 0.5) is 0 Å². The van der Waals surface area contributed by atoms with E-state index in [4.69, 9.17) is 0 Å². The molecule has 0 atom stereocenters. The van der Waals surface area contributed by atoms with Gasteiger partial charge in [0.15, 0.2) is 0 Å². The maximum atomic E-state index is 11.6. The van der Waals surface area contributed by atoms with Crippen molar-refractivity contribution in [2.45, 2.75) is 13.3 Å². The van der Waals surface area contributed by atoms with Crippen LogP contribution in [-0.4, -0.2) is 27.4 Å². The van der Waals surface area contributed by atoms with Crippen LogP contribution in [0.1, 0.15) is 20.4 Å². The van der Waals surface area contributed by atoms with Crippen molar-refractivity contribution in [3.05, 3.63) is 40.4 Å². The van der Waals surface area contributed by atoms with Crippen molar-refractivity contribution in [3.8, 4) is 0 Å². The van der Waals surface area contributed by atoms with Gasteiger partial charge < -0.3 is 5.32 Å². The molecular weight excluding hydrogens is 236 g/mol. The van der Waals surface area contributed by atoms with Crippen LogP contribution in [-0.2, 0) is 6.42 Å². The van der Waals surface area contributed by atoms with E-state index in [1.165, 1.54) is 23.5 Å². The minimum atomic E-state index is -0.202. The predicted octanol–water partition coefficient (Wildman–Crippen LogP) is 1.21. The number of nitrogens with zero attached hydrogens (tertiary/aromatic N) is 3. The SMILES string of the molecule is Cc1cnc(CCNC(=O)c2cnccn2)s1. The van der Waals surface area contributed by atoms with Gasteiger partial charge in [-0.3, -0.25) is 9.78 Å². The Morgan fingerprint density at radius 2 is 2.24 bits per heavy atom. The number of thiazole rings is 1. The Bertz CT molecular complexity index is 497. The molecule has 0 saturated carbocycles. The molecule has 0 bridgehead atoms. The molecule has 2 rings (SSSR count). The normalized spacial score (nSPS) is 10.2. The van der Waals surface area contributed by atoms with Crippen molar-refractivity contribution in [3.63, 3.8) is 0 Å². The zero-order chi connectivity index (χ0) is 12.1. The molecule has 0 aliphatic carbocycles. The molecule has 1 N–H and O–H groups in total. The number of carbonyl (C=O) groups is 1. The molecule has 0 unspecified atom stereocenters. The van der Waals surface area contributed by atoms with E-state index in [2.05, 4.69) is 20.3 Å². The van der Waals surface area contributed by atoms with Crippen molar-refractivity contribution in [1.82, 2.24) is 20.3 Å². The maximum absolute atomic E-state index is 11.6. The summed E-state index contributed by atoms with van der Waals surface area (Å²) in [7, 11) is 0. The fraction of sp³-hybridized carbons (Fsp3) is 0.273. The van der Waals surface area contributed by atoms with Gasteiger partial charge in [0.25, 0.3) is 5.91 Å². The number of rotatable bonds is 4. The number of aryl methyl sites for hydroxylation is 1. The molecule has 1 amide bonds. The van der Waals surface area contributed by atoms with Gasteiger partial charge in [0.2, 0.25) is 0 Å². The fourth-order valence-corrected chi connectivity index (χ4v) is 2.09. The third-order valence-electron chi connectivity index (χ3n) is 2.09. The van der Waals surface area contributed by atoms with Gasteiger partial charge in [-0.2, -0.15) is 0 Å². The highest BCUT2D eigenvalue weighted by molar-refractivity contribution is 7.11. The standard InChI is InChI=1S/C11H12N4OS/c1-8-6-15-10(17-8)2-3-14-11(16)9-7-12-4-5-13-9/h4-7H,2-3H2,1H3,(H,14,16).